The van der Waals surface area contributed by atoms with Gasteiger partial charge in [0.2, 0.25) is 0 Å². The van der Waals surface area contributed by atoms with Crippen LogP contribution >= 0.6 is 0 Å². The third kappa shape index (κ3) is 2.98. The zero-order chi connectivity index (χ0) is 13.0. The first kappa shape index (κ1) is 13.3. The molecule has 1 saturated heterocycles. The Hall–Kier alpha value is -1.17. The highest BCUT2D eigenvalue weighted by molar-refractivity contribution is 5.48. The number of aromatic nitrogens is 1. The van der Waals surface area contributed by atoms with Crippen molar-refractivity contribution in [2.45, 2.75) is 13.0 Å². The number of nitrogens with two attached hydrogens (primary N) is 1. The summed E-state index contributed by atoms with van der Waals surface area (Å²) >= 11 is 0. The van der Waals surface area contributed by atoms with Crippen molar-refractivity contribution in [3.8, 4) is 0 Å². The average molecular weight is 250 g/mol. The minimum absolute atomic E-state index is 0.00386. The van der Waals surface area contributed by atoms with Gasteiger partial charge in [-0.25, -0.2) is 4.98 Å². The van der Waals surface area contributed by atoms with Crippen LogP contribution in [0.2, 0.25) is 0 Å². The Morgan fingerprint density at radius 1 is 1.39 bits per heavy atom. The van der Waals surface area contributed by atoms with Crippen LogP contribution in [0, 0.1) is 0 Å². The number of piperazine rings is 1. The molecule has 0 aromatic carbocycles. The number of nitrogens with zero attached hydrogens (tertiary/aromatic N) is 3. The van der Waals surface area contributed by atoms with Crippen molar-refractivity contribution in [3.63, 3.8) is 0 Å². The van der Waals surface area contributed by atoms with Gasteiger partial charge in [0.05, 0.1) is 6.61 Å². The van der Waals surface area contributed by atoms with Gasteiger partial charge < -0.3 is 15.7 Å². The lowest BCUT2D eigenvalue weighted by molar-refractivity contribution is 0.188. The molecule has 1 aliphatic rings. The number of hydrogen-bond acceptors (Lipinski definition) is 5. The number of anilines is 1. The topological polar surface area (TPSA) is 65.6 Å². The first-order chi connectivity index (χ1) is 8.72. The maximum absolute atomic E-state index is 8.93. The molecule has 1 fully saturated rings. The van der Waals surface area contributed by atoms with Gasteiger partial charge in [-0.3, -0.25) is 4.90 Å². The summed E-state index contributed by atoms with van der Waals surface area (Å²) in [5.41, 5.74) is 7.09. The van der Waals surface area contributed by atoms with Crippen LogP contribution in [0.15, 0.2) is 18.3 Å². The molecule has 18 heavy (non-hydrogen) atoms. The van der Waals surface area contributed by atoms with E-state index >= 15 is 0 Å². The minimum Gasteiger partial charge on any atom is -0.395 e. The van der Waals surface area contributed by atoms with Crippen LogP contribution in [0.25, 0.3) is 0 Å². The molecule has 2 heterocycles. The number of aliphatic hydroxyl groups is 1. The summed E-state index contributed by atoms with van der Waals surface area (Å²) < 4.78 is 0. The molecule has 1 aromatic rings. The Kier molecular flexibility index (Phi) is 4.52. The standard InChI is InChI=1S/C13H22N4O/c1-11(14)12-3-2-4-15-13(12)17-7-5-16(6-8-17)9-10-18/h2-4,11,18H,5-10,14H2,1H3. The fourth-order valence-corrected chi connectivity index (χ4v) is 2.35. The lowest BCUT2D eigenvalue weighted by atomic mass is 10.1. The molecule has 2 rings (SSSR count). The van der Waals surface area contributed by atoms with Crippen molar-refractivity contribution in [2.75, 3.05) is 44.2 Å². The molecule has 1 atom stereocenters. The smallest absolute Gasteiger partial charge is 0.133 e. The van der Waals surface area contributed by atoms with Crippen molar-refractivity contribution >= 4 is 5.82 Å². The SMILES string of the molecule is CC(N)c1cccnc1N1CCN(CCO)CC1. The van der Waals surface area contributed by atoms with Gasteiger partial charge in [-0.05, 0) is 13.0 Å². The van der Waals surface area contributed by atoms with Gasteiger partial charge in [0.25, 0.3) is 0 Å². The maximum atomic E-state index is 8.93. The molecule has 1 aliphatic heterocycles. The minimum atomic E-state index is 0.00386. The third-order valence-corrected chi connectivity index (χ3v) is 3.40. The fraction of sp³-hybridized carbons (Fsp3) is 0.615. The van der Waals surface area contributed by atoms with Crippen molar-refractivity contribution in [3.05, 3.63) is 23.9 Å². The van der Waals surface area contributed by atoms with Gasteiger partial charge in [0.1, 0.15) is 5.82 Å². The molecule has 1 unspecified atom stereocenters. The normalized spacial score (nSPS) is 18.9. The molecule has 5 heteroatoms. The number of β-amino-alcohol motifs (C(OH)–C–C–N with tert-alkyl or cyclic N) is 1. The van der Waals surface area contributed by atoms with Crippen LogP contribution in [-0.2, 0) is 0 Å². The van der Waals surface area contributed by atoms with Gasteiger partial charge in [-0.1, -0.05) is 6.07 Å². The highest BCUT2D eigenvalue weighted by Crippen LogP contribution is 2.23. The fourth-order valence-electron chi connectivity index (χ4n) is 2.35. The predicted octanol–water partition coefficient (Wildman–Crippen LogP) is 0.216. The largest absolute Gasteiger partial charge is 0.395 e. The van der Waals surface area contributed by atoms with E-state index in [1.165, 1.54) is 0 Å². The number of rotatable bonds is 4. The molecule has 0 bridgehead atoms. The van der Waals surface area contributed by atoms with Crippen LogP contribution < -0.4 is 10.6 Å². The van der Waals surface area contributed by atoms with E-state index in [1.807, 2.05) is 25.3 Å². The van der Waals surface area contributed by atoms with Crippen LogP contribution in [-0.4, -0.2) is 54.3 Å². The van der Waals surface area contributed by atoms with Crippen molar-refractivity contribution in [1.29, 1.82) is 0 Å². The van der Waals surface area contributed by atoms with Gasteiger partial charge >= 0.3 is 0 Å². The van der Waals surface area contributed by atoms with Crippen molar-refractivity contribution in [1.82, 2.24) is 9.88 Å². The zero-order valence-corrected chi connectivity index (χ0v) is 10.9. The summed E-state index contributed by atoms with van der Waals surface area (Å²) in [6.07, 6.45) is 1.82. The van der Waals surface area contributed by atoms with E-state index in [0.717, 1.165) is 44.1 Å². The number of hydrogen-bond donors (Lipinski definition) is 2. The molecule has 100 valence electrons. The van der Waals surface area contributed by atoms with Crippen molar-refractivity contribution in [2.24, 2.45) is 5.73 Å². The Bertz CT molecular complexity index is 375. The lowest BCUT2D eigenvalue weighted by Gasteiger charge is -2.36. The van der Waals surface area contributed by atoms with Gasteiger partial charge in [-0.2, -0.15) is 0 Å². The summed E-state index contributed by atoms with van der Waals surface area (Å²) in [6.45, 7) is 6.80. The van der Waals surface area contributed by atoms with Crippen LogP contribution in [0.5, 0.6) is 0 Å². The third-order valence-electron chi connectivity index (χ3n) is 3.40. The van der Waals surface area contributed by atoms with E-state index < -0.39 is 0 Å². The summed E-state index contributed by atoms with van der Waals surface area (Å²) in [5.74, 6) is 1.01. The number of pyridine rings is 1. The molecule has 1 aromatic heterocycles. The van der Waals surface area contributed by atoms with E-state index in [4.69, 9.17) is 10.8 Å². The summed E-state index contributed by atoms with van der Waals surface area (Å²) in [6, 6.07) is 3.99. The Labute approximate surface area is 108 Å². The maximum Gasteiger partial charge on any atom is 0.133 e. The average Bonchev–Trinajstić information content (AvgIpc) is 2.40. The second kappa shape index (κ2) is 6.13. The second-order valence-electron chi connectivity index (χ2n) is 4.76. The monoisotopic (exact) mass is 250 g/mol. The molecule has 0 saturated carbocycles. The van der Waals surface area contributed by atoms with E-state index in [-0.39, 0.29) is 12.6 Å². The molecular weight excluding hydrogens is 228 g/mol. The Morgan fingerprint density at radius 2 is 2.11 bits per heavy atom. The summed E-state index contributed by atoms with van der Waals surface area (Å²) in [4.78, 5) is 9.03. The van der Waals surface area contributed by atoms with Crippen LogP contribution in [0.4, 0.5) is 5.82 Å². The summed E-state index contributed by atoms with van der Waals surface area (Å²) in [7, 11) is 0. The molecule has 3 N–H and O–H groups in total. The number of aliphatic hydroxyl groups excluding tert-OH is 1. The molecule has 0 radical (unpaired) electrons. The Balaban J connectivity index is 2.05. The molecule has 0 aliphatic carbocycles. The molecule has 0 spiro atoms. The van der Waals surface area contributed by atoms with Crippen molar-refractivity contribution < 1.29 is 5.11 Å². The van der Waals surface area contributed by atoms with E-state index in [2.05, 4.69) is 14.8 Å². The van der Waals surface area contributed by atoms with Gasteiger partial charge in [-0.15, -0.1) is 0 Å². The molecule has 5 nitrogen and oxygen atoms in total. The molecule has 0 amide bonds. The van der Waals surface area contributed by atoms with E-state index in [1.54, 1.807) is 0 Å². The van der Waals surface area contributed by atoms with Gasteiger partial charge in [0, 0.05) is 50.5 Å². The molecular formula is C13H22N4O. The second-order valence-corrected chi connectivity index (χ2v) is 4.76. The highest BCUT2D eigenvalue weighted by atomic mass is 16.3. The zero-order valence-electron chi connectivity index (χ0n) is 10.9. The lowest BCUT2D eigenvalue weighted by Crippen LogP contribution is -2.47. The quantitative estimate of drug-likeness (QED) is 0.800. The van der Waals surface area contributed by atoms with Gasteiger partial charge in [0.15, 0.2) is 0 Å². The highest BCUT2D eigenvalue weighted by Gasteiger charge is 2.20. The predicted molar refractivity (Wildman–Crippen MR) is 72.6 cm³/mol. The van der Waals surface area contributed by atoms with Crippen LogP contribution in [0.1, 0.15) is 18.5 Å². The first-order valence-electron chi connectivity index (χ1n) is 6.51. The van der Waals surface area contributed by atoms with Crippen LogP contribution in [0.3, 0.4) is 0 Å². The first-order valence-corrected chi connectivity index (χ1v) is 6.51. The van der Waals surface area contributed by atoms with E-state index in [9.17, 15) is 0 Å². The Morgan fingerprint density at radius 3 is 2.72 bits per heavy atom. The summed E-state index contributed by atoms with van der Waals surface area (Å²) in [5, 5.41) is 8.93. The van der Waals surface area contributed by atoms with E-state index in [0.29, 0.717) is 0 Å².